The van der Waals surface area contributed by atoms with Crippen molar-refractivity contribution in [3.8, 4) is 5.75 Å². The van der Waals surface area contributed by atoms with Crippen molar-refractivity contribution < 1.29 is 51.3 Å². The molecule has 0 N–H and O–H groups in total. The number of halogens is 2. The molecule has 1 nitrogen and oxygen atoms in total. The maximum absolute atomic E-state index is 5.27. The van der Waals surface area contributed by atoms with Gasteiger partial charge in [-0.2, -0.15) is 11.0 Å². The van der Waals surface area contributed by atoms with E-state index in [9.17, 15) is 0 Å². The maximum Gasteiger partial charge on any atom is 3.00 e. The van der Waals surface area contributed by atoms with Crippen molar-refractivity contribution in [2.45, 2.75) is 11.3 Å². The standard InChI is InChI=1S/C12H11OS.2ClH.Ti/c1-13-11-8-4-5-9-12(11)14-10-6-2-3-7-10;;;/h2,4-6,8-9H,3H2,1H3;2*1H;/q-1;;;+3/p-2. The van der Waals surface area contributed by atoms with E-state index in [1.54, 1.807) is 18.9 Å². The Kier molecular flexibility index (Phi) is 11.6. The molecule has 2 rings (SSSR count). The van der Waals surface area contributed by atoms with Gasteiger partial charge in [-0.05, 0) is 12.1 Å². The molecule has 0 atom stereocenters. The minimum atomic E-state index is 0. The van der Waals surface area contributed by atoms with Crippen molar-refractivity contribution >= 4 is 11.8 Å². The van der Waals surface area contributed by atoms with Crippen LogP contribution in [-0.4, -0.2) is 7.11 Å². The second-order valence-corrected chi connectivity index (χ2v) is 3.98. The van der Waals surface area contributed by atoms with E-state index in [0.717, 1.165) is 17.1 Å². The van der Waals surface area contributed by atoms with Crippen LogP contribution in [-0.2, 0) is 21.7 Å². The molecule has 1 aromatic carbocycles. The summed E-state index contributed by atoms with van der Waals surface area (Å²) >= 11 is 1.70. The molecule has 0 spiro atoms. The molecule has 17 heavy (non-hydrogen) atoms. The van der Waals surface area contributed by atoms with E-state index in [-0.39, 0.29) is 46.5 Å². The molecule has 0 heterocycles. The Labute approximate surface area is 134 Å². The van der Waals surface area contributed by atoms with Gasteiger partial charge < -0.3 is 29.6 Å². The van der Waals surface area contributed by atoms with Crippen LogP contribution in [0.5, 0.6) is 5.75 Å². The fourth-order valence-corrected chi connectivity index (χ4v) is 2.23. The largest absolute Gasteiger partial charge is 3.00 e. The van der Waals surface area contributed by atoms with E-state index in [0.29, 0.717) is 0 Å². The van der Waals surface area contributed by atoms with Crippen LogP contribution >= 0.6 is 11.8 Å². The zero-order valence-electron chi connectivity index (χ0n) is 9.24. The number of ether oxygens (including phenoxy) is 1. The number of thioether (sulfide) groups is 1. The predicted molar refractivity (Wildman–Crippen MR) is 59.4 cm³/mol. The summed E-state index contributed by atoms with van der Waals surface area (Å²) in [5.74, 6) is 0.923. The van der Waals surface area contributed by atoms with E-state index < -0.39 is 0 Å². The monoisotopic (exact) mass is 321 g/mol. The van der Waals surface area contributed by atoms with Gasteiger partial charge in [0.2, 0.25) is 0 Å². The van der Waals surface area contributed by atoms with Gasteiger partial charge in [0.1, 0.15) is 5.75 Å². The molecule has 0 amide bonds. The first-order valence-corrected chi connectivity index (χ1v) is 5.30. The average Bonchev–Trinajstić information content (AvgIpc) is 2.71. The molecule has 0 saturated carbocycles. The summed E-state index contributed by atoms with van der Waals surface area (Å²) in [6.07, 6.45) is 8.40. The van der Waals surface area contributed by atoms with Crippen LogP contribution < -0.4 is 29.6 Å². The summed E-state index contributed by atoms with van der Waals surface area (Å²) in [4.78, 5) is 2.32. The van der Waals surface area contributed by atoms with E-state index in [1.807, 2.05) is 18.2 Å². The number of methoxy groups -OCH3 is 1. The van der Waals surface area contributed by atoms with Gasteiger partial charge in [-0.3, -0.25) is 6.08 Å². The summed E-state index contributed by atoms with van der Waals surface area (Å²) in [7, 11) is 1.70. The van der Waals surface area contributed by atoms with Crippen molar-refractivity contribution in [3.63, 3.8) is 0 Å². The number of rotatable bonds is 3. The zero-order valence-corrected chi connectivity index (χ0v) is 13.1. The van der Waals surface area contributed by atoms with Gasteiger partial charge >= 0.3 is 21.7 Å². The second kappa shape index (κ2) is 10.1. The van der Waals surface area contributed by atoms with E-state index >= 15 is 0 Å². The molecule has 1 aliphatic rings. The van der Waals surface area contributed by atoms with Crippen LogP contribution in [0.25, 0.3) is 0 Å². The maximum atomic E-state index is 5.27. The molecule has 1 aromatic rings. The van der Waals surface area contributed by atoms with Gasteiger partial charge in [0.15, 0.2) is 0 Å². The van der Waals surface area contributed by atoms with Crippen molar-refractivity contribution in [3.05, 3.63) is 47.4 Å². The Morgan fingerprint density at radius 1 is 1.24 bits per heavy atom. The van der Waals surface area contributed by atoms with Crippen molar-refractivity contribution in [1.82, 2.24) is 0 Å². The fourth-order valence-electron chi connectivity index (χ4n) is 1.28. The number of para-hydroxylation sites is 1. The van der Waals surface area contributed by atoms with Crippen molar-refractivity contribution in [1.29, 1.82) is 0 Å². The van der Waals surface area contributed by atoms with E-state index in [2.05, 4.69) is 24.3 Å². The number of allylic oxidation sites excluding steroid dienone is 3. The fraction of sp³-hybridized carbons (Fsp3) is 0.167. The Morgan fingerprint density at radius 2 is 1.94 bits per heavy atom. The Hall–Kier alpha value is 0.144. The minimum absolute atomic E-state index is 0. The van der Waals surface area contributed by atoms with Crippen LogP contribution in [0.2, 0.25) is 0 Å². The molecule has 89 valence electrons. The van der Waals surface area contributed by atoms with Crippen LogP contribution in [0, 0.1) is 6.08 Å². The van der Waals surface area contributed by atoms with Gasteiger partial charge in [-0.1, -0.05) is 12.1 Å². The van der Waals surface area contributed by atoms with Crippen molar-refractivity contribution in [2.24, 2.45) is 0 Å². The summed E-state index contributed by atoms with van der Waals surface area (Å²) in [5.41, 5.74) is 0. The smallest absolute Gasteiger partial charge is 1.00 e. The first kappa shape index (κ1) is 19.5. The third-order valence-corrected chi connectivity index (χ3v) is 3.01. The third-order valence-electron chi connectivity index (χ3n) is 1.95. The normalized spacial score (nSPS) is 11.7. The van der Waals surface area contributed by atoms with E-state index in [4.69, 9.17) is 4.74 Å². The van der Waals surface area contributed by atoms with Crippen LogP contribution in [0.15, 0.2) is 46.2 Å². The summed E-state index contributed by atoms with van der Waals surface area (Å²) in [6.45, 7) is 0. The molecule has 1 radical (unpaired) electrons. The Morgan fingerprint density at radius 3 is 2.53 bits per heavy atom. The summed E-state index contributed by atoms with van der Waals surface area (Å²) < 4.78 is 5.27. The quantitative estimate of drug-likeness (QED) is 0.447. The Bertz CT molecular complexity index is 394. The second-order valence-electron chi connectivity index (χ2n) is 2.90. The van der Waals surface area contributed by atoms with E-state index in [1.165, 1.54) is 4.91 Å². The summed E-state index contributed by atoms with van der Waals surface area (Å²) in [5, 5.41) is 0. The first-order valence-electron chi connectivity index (χ1n) is 4.48. The van der Waals surface area contributed by atoms with Gasteiger partial charge in [0.05, 0.1) is 12.0 Å². The topological polar surface area (TPSA) is 9.23 Å². The third kappa shape index (κ3) is 5.54. The number of benzene rings is 1. The SMILES string of the molecule is COc1ccccc1SC1=[C-]CC=C1.[Cl-].[Cl-].[Ti+3]. The van der Waals surface area contributed by atoms with Gasteiger partial charge in [0.25, 0.3) is 0 Å². The molecule has 1 aliphatic carbocycles. The summed E-state index contributed by atoms with van der Waals surface area (Å²) in [6, 6.07) is 8.03. The molecule has 0 bridgehead atoms. The van der Waals surface area contributed by atoms with Crippen LogP contribution in [0.3, 0.4) is 0 Å². The molecule has 5 heteroatoms. The molecule has 0 fully saturated rings. The van der Waals surface area contributed by atoms with Crippen molar-refractivity contribution in [2.75, 3.05) is 7.11 Å². The molecular formula is C12H11Cl2OSTi. The predicted octanol–water partition coefficient (Wildman–Crippen LogP) is -2.56. The minimum Gasteiger partial charge on any atom is -1.00 e. The van der Waals surface area contributed by atoms with Crippen LogP contribution in [0.4, 0.5) is 0 Å². The number of hydrogen-bond acceptors (Lipinski definition) is 2. The van der Waals surface area contributed by atoms with Gasteiger partial charge in [-0.25, -0.2) is 6.08 Å². The molecule has 0 aliphatic heterocycles. The average molecular weight is 322 g/mol. The van der Waals surface area contributed by atoms with Gasteiger partial charge in [-0.15, -0.1) is 18.2 Å². The zero-order chi connectivity index (χ0) is 9.80. The molecular weight excluding hydrogens is 311 g/mol. The number of hydrogen-bond donors (Lipinski definition) is 0. The van der Waals surface area contributed by atoms with Gasteiger partial charge in [0, 0.05) is 0 Å². The molecule has 0 unspecified atom stereocenters. The molecule has 0 saturated heterocycles. The Balaban J connectivity index is 0. The van der Waals surface area contributed by atoms with Crippen LogP contribution in [0.1, 0.15) is 6.42 Å². The first-order chi connectivity index (χ1) is 6.90. The molecule has 0 aromatic heterocycles.